The number of piperidine rings is 1. The second-order valence-electron chi connectivity index (χ2n) is 7.01. The molecule has 1 amide bonds. The summed E-state index contributed by atoms with van der Waals surface area (Å²) in [6, 6.07) is 16.4. The van der Waals surface area contributed by atoms with Crippen molar-refractivity contribution >= 4 is 22.9 Å². The Morgan fingerprint density at radius 3 is 2.65 bits per heavy atom. The van der Waals surface area contributed by atoms with Crippen molar-refractivity contribution in [1.29, 1.82) is 0 Å². The first-order valence-electron chi connectivity index (χ1n) is 9.22. The fourth-order valence-corrected chi connectivity index (χ4v) is 3.58. The number of imidazole rings is 1. The number of H-pyrrole nitrogens is 1. The third kappa shape index (κ3) is 3.57. The van der Waals surface area contributed by atoms with Crippen LogP contribution in [0.2, 0.25) is 0 Å². The summed E-state index contributed by atoms with van der Waals surface area (Å²) in [5.41, 5.74) is 4.33. The minimum atomic E-state index is 0.112. The molecule has 1 aliphatic heterocycles. The van der Waals surface area contributed by atoms with E-state index in [4.69, 9.17) is 0 Å². The Bertz CT molecular complexity index is 876. The number of nitrogens with one attached hydrogen (secondary N) is 2. The first-order chi connectivity index (χ1) is 12.7. The molecule has 0 radical (unpaired) electrons. The van der Waals surface area contributed by atoms with E-state index in [9.17, 15) is 4.79 Å². The zero-order valence-electron chi connectivity index (χ0n) is 15.0. The average molecular weight is 348 g/mol. The van der Waals surface area contributed by atoms with E-state index in [2.05, 4.69) is 33.2 Å². The van der Waals surface area contributed by atoms with Crippen LogP contribution in [0.3, 0.4) is 0 Å². The smallest absolute Gasteiger partial charge is 0.224 e. The second kappa shape index (κ2) is 7.20. The number of carbonyl (C=O) groups is 1. The van der Waals surface area contributed by atoms with Gasteiger partial charge in [-0.2, -0.15) is 0 Å². The zero-order chi connectivity index (χ0) is 17.9. The highest BCUT2D eigenvalue weighted by molar-refractivity contribution is 5.79. The summed E-state index contributed by atoms with van der Waals surface area (Å²) in [5.74, 6) is 1.04. The van der Waals surface area contributed by atoms with Crippen LogP contribution in [0, 0.1) is 6.92 Å². The minimum Gasteiger partial charge on any atom is -0.353 e. The lowest BCUT2D eigenvalue weighted by Gasteiger charge is -2.32. The van der Waals surface area contributed by atoms with Crippen molar-refractivity contribution in [3.05, 3.63) is 59.7 Å². The Morgan fingerprint density at radius 2 is 1.88 bits per heavy atom. The van der Waals surface area contributed by atoms with Crippen molar-refractivity contribution in [3.63, 3.8) is 0 Å². The van der Waals surface area contributed by atoms with Crippen LogP contribution in [0.5, 0.6) is 0 Å². The zero-order valence-corrected chi connectivity index (χ0v) is 15.0. The molecule has 134 valence electrons. The van der Waals surface area contributed by atoms with Crippen molar-refractivity contribution in [2.45, 2.75) is 32.2 Å². The number of amides is 1. The Morgan fingerprint density at radius 1 is 1.15 bits per heavy atom. The fourth-order valence-electron chi connectivity index (χ4n) is 3.58. The van der Waals surface area contributed by atoms with Crippen molar-refractivity contribution in [3.8, 4) is 0 Å². The van der Waals surface area contributed by atoms with Crippen molar-refractivity contribution in [2.75, 3.05) is 18.0 Å². The van der Waals surface area contributed by atoms with Gasteiger partial charge in [-0.3, -0.25) is 4.79 Å². The van der Waals surface area contributed by atoms with Gasteiger partial charge in [-0.1, -0.05) is 36.4 Å². The van der Waals surface area contributed by atoms with Gasteiger partial charge in [0.25, 0.3) is 0 Å². The van der Waals surface area contributed by atoms with Gasteiger partial charge in [-0.25, -0.2) is 4.98 Å². The van der Waals surface area contributed by atoms with E-state index in [1.165, 1.54) is 5.56 Å². The number of anilines is 1. The molecule has 0 saturated carbocycles. The average Bonchev–Trinajstić information content (AvgIpc) is 3.08. The SMILES string of the molecule is Cc1ccccc1CC(=O)NC1CCN(c2nc3ccccc3[nH]2)CC1. The van der Waals surface area contributed by atoms with E-state index in [-0.39, 0.29) is 11.9 Å². The molecule has 2 aromatic carbocycles. The third-order valence-corrected chi connectivity index (χ3v) is 5.15. The molecule has 3 aromatic rings. The van der Waals surface area contributed by atoms with Gasteiger partial charge in [-0.05, 0) is 43.0 Å². The molecule has 0 unspecified atom stereocenters. The van der Waals surface area contributed by atoms with E-state index in [0.29, 0.717) is 6.42 Å². The molecule has 0 spiro atoms. The lowest BCUT2D eigenvalue weighted by atomic mass is 10.0. The van der Waals surface area contributed by atoms with Gasteiger partial charge < -0.3 is 15.2 Å². The van der Waals surface area contributed by atoms with Crippen LogP contribution in [-0.4, -0.2) is 35.0 Å². The van der Waals surface area contributed by atoms with Gasteiger partial charge in [0.2, 0.25) is 11.9 Å². The normalized spacial score (nSPS) is 15.3. The molecule has 5 heteroatoms. The minimum absolute atomic E-state index is 0.112. The summed E-state index contributed by atoms with van der Waals surface area (Å²) >= 11 is 0. The van der Waals surface area contributed by atoms with Gasteiger partial charge in [0.1, 0.15) is 0 Å². The fraction of sp³-hybridized carbons (Fsp3) is 0.333. The first kappa shape index (κ1) is 16.6. The molecule has 4 rings (SSSR count). The molecule has 0 bridgehead atoms. The number of benzene rings is 2. The van der Waals surface area contributed by atoms with E-state index in [1.807, 2.05) is 42.5 Å². The number of aryl methyl sites for hydroxylation is 1. The summed E-state index contributed by atoms with van der Waals surface area (Å²) in [6.07, 6.45) is 2.34. The van der Waals surface area contributed by atoms with Gasteiger partial charge in [0, 0.05) is 19.1 Å². The number of aromatic nitrogens is 2. The highest BCUT2D eigenvalue weighted by atomic mass is 16.1. The van der Waals surface area contributed by atoms with Gasteiger partial charge in [-0.15, -0.1) is 0 Å². The van der Waals surface area contributed by atoms with Gasteiger partial charge in [0.05, 0.1) is 17.5 Å². The molecular formula is C21H24N4O. The summed E-state index contributed by atoms with van der Waals surface area (Å²) in [6.45, 7) is 3.85. The maximum Gasteiger partial charge on any atom is 0.224 e. The number of hydrogen-bond donors (Lipinski definition) is 2. The summed E-state index contributed by atoms with van der Waals surface area (Å²) in [5, 5.41) is 3.20. The summed E-state index contributed by atoms with van der Waals surface area (Å²) in [7, 11) is 0. The van der Waals surface area contributed by atoms with E-state index in [1.54, 1.807) is 0 Å². The predicted molar refractivity (Wildman–Crippen MR) is 104 cm³/mol. The standard InChI is InChI=1S/C21H24N4O/c1-15-6-2-3-7-16(15)14-20(26)22-17-10-12-25(13-11-17)21-23-18-8-4-5-9-19(18)24-21/h2-9,17H,10-14H2,1H3,(H,22,26)(H,23,24). The van der Waals surface area contributed by atoms with Crippen LogP contribution < -0.4 is 10.2 Å². The summed E-state index contributed by atoms with van der Waals surface area (Å²) < 4.78 is 0. The molecule has 2 N–H and O–H groups in total. The van der Waals surface area contributed by atoms with Crippen molar-refractivity contribution in [1.82, 2.24) is 15.3 Å². The molecule has 2 heterocycles. The number of nitrogens with zero attached hydrogens (tertiary/aromatic N) is 2. The number of para-hydroxylation sites is 2. The number of hydrogen-bond acceptors (Lipinski definition) is 3. The highest BCUT2D eigenvalue weighted by Gasteiger charge is 2.22. The van der Waals surface area contributed by atoms with Crippen molar-refractivity contribution in [2.24, 2.45) is 0 Å². The topological polar surface area (TPSA) is 61.0 Å². The van der Waals surface area contributed by atoms with Gasteiger partial charge in [0.15, 0.2) is 0 Å². The molecule has 26 heavy (non-hydrogen) atoms. The predicted octanol–water partition coefficient (Wildman–Crippen LogP) is 3.20. The Balaban J connectivity index is 1.32. The molecule has 1 aromatic heterocycles. The second-order valence-corrected chi connectivity index (χ2v) is 7.01. The molecule has 0 atom stereocenters. The molecule has 0 aliphatic carbocycles. The van der Waals surface area contributed by atoms with Crippen LogP contribution in [0.25, 0.3) is 11.0 Å². The lowest BCUT2D eigenvalue weighted by Crippen LogP contribution is -2.45. The van der Waals surface area contributed by atoms with Gasteiger partial charge >= 0.3 is 0 Å². The largest absolute Gasteiger partial charge is 0.353 e. The molecular weight excluding hydrogens is 324 g/mol. The lowest BCUT2D eigenvalue weighted by molar-refractivity contribution is -0.121. The first-order valence-corrected chi connectivity index (χ1v) is 9.22. The van der Waals surface area contributed by atoms with E-state index in [0.717, 1.165) is 48.5 Å². The monoisotopic (exact) mass is 348 g/mol. The number of aromatic amines is 1. The van der Waals surface area contributed by atoms with Crippen LogP contribution >= 0.6 is 0 Å². The van der Waals surface area contributed by atoms with Crippen molar-refractivity contribution < 1.29 is 4.79 Å². The molecule has 1 saturated heterocycles. The maximum atomic E-state index is 12.4. The summed E-state index contributed by atoms with van der Waals surface area (Å²) in [4.78, 5) is 22.7. The molecule has 5 nitrogen and oxygen atoms in total. The Kier molecular flexibility index (Phi) is 4.61. The maximum absolute atomic E-state index is 12.4. The highest BCUT2D eigenvalue weighted by Crippen LogP contribution is 2.21. The van der Waals surface area contributed by atoms with E-state index >= 15 is 0 Å². The third-order valence-electron chi connectivity index (χ3n) is 5.15. The number of carbonyl (C=O) groups excluding carboxylic acids is 1. The Labute approximate surface area is 153 Å². The van der Waals surface area contributed by atoms with Crippen LogP contribution in [-0.2, 0) is 11.2 Å². The number of fused-ring (bicyclic) bond motifs is 1. The van der Waals surface area contributed by atoms with Crippen LogP contribution in [0.4, 0.5) is 5.95 Å². The molecule has 1 fully saturated rings. The van der Waals surface area contributed by atoms with E-state index < -0.39 is 0 Å². The Hall–Kier alpha value is -2.82. The molecule has 1 aliphatic rings. The van der Waals surface area contributed by atoms with Crippen LogP contribution in [0.1, 0.15) is 24.0 Å². The number of rotatable bonds is 4. The quantitative estimate of drug-likeness (QED) is 0.761. The van der Waals surface area contributed by atoms with Crippen LogP contribution in [0.15, 0.2) is 48.5 Å².